The first-order valence-corrected chi connectivity index (χ1v) is 12.9. The second kappa shape index (κ2) is 11.9. The minimum atomic E-state index is -3.92. The zero-order valence-corrected chi connectivity index (χ0v) is 20.5. The molecule has 9 heteroatoms. The Kier molecular flexibility index (Phi) is 8.92. The maximum Gasteiger partial charge on any atom is 0.338 e. The highest BCUT2D eigenvalue weighted by molar-refractivity contribution is 7.92. The molecule has 0 radical (unpaired) electrons. The number of sulfonamides is 1. The molecule has 0 unspecified atom stereocenters. The molecule has 0 saturated heterocycles. The first kappa shape index (κ1) is 25.6. The van der Waals surface area contributed by atoms with Gasteiger partial charge in [0.25, 0.3) is 15.9 Å². The second-order valence-corrected chi connectivity index (χ2v) is 10.4. The first-order chi connectivity index (χ1) is 16.3. The lowest BCUT2D eigenvalue weighted by molar-refractivity contribution is -0.125. The van der Waals surface area contributed by atoms with E-state index in [2.05, 4.69) is 5.32 Å². The zero-order chi connectivity index (χ0) is 24.6. The van der Waals surface area contributed by atoms with Crippen LogP contribution in [0.25, 0.3) is 0 Å². The molecule has 0 heterocycles. The van der Waals surface area contributed by atoms with E-state index >= 15 is 0 Å². The molecule has 0 spiro atoms. The van der Waals surface area contributed by atoms with E-state index in [9.17, 15) is 18.0 Å². The van der Waals surface area contributed by atoms with Crippen LogP contribution in [-0.2, 0) is 19.6 Å². The van der Waals surface area contributed by atoms with E-state index in [1.54, 1.807) is 24.3 Å². The number of carbonyl (C=O) groups is 2. The van der Waals surface area contributed by atoms with Crippen molar-refractivity contribution in [1.29, 1.82) is 0 Å². The van der Waals surface area contributed by atoms with E-state index in [-0.39, 0.29) is 22.4 Å². The summed E-state index contributed by atoms with van der Waals surface area (Å²) in [6.07, 6.45) is 7.61. The van der Waals surface area contributed by atoms with Crippen LogP contribution in [0.4, 0.5) is 5.69 Å². The van der Waals surface area contributed by atoms with Gasteiger partial charge in [0.1, 0.15) is 5.75 Å². The molecule has 0 atom stereocenters. The fourth-order valence-corrected chi connectivity index (χ4v) is 5.20. The summed E-state index contributed by atoms with van der Waals surface area (Å²) in [4.78, 5) is 24.7. The minimum absolute atomic E-state index is 0.0563. The number of esters is 1. The maximum atomic E-state index is 13.1. The van der Waals surface area contributed by atoms with Gasteiger partial charge in [-0.3, -0.25) is 9.10 Å². The van der Waals surface area contributed by atoms with Gasteiger partial charge in [-0.05, 0) is 55.3 Å². The number of nitrogens with one attached hydrogen (secondary N) is 1. The summed E-state index contributed by atoms with van der Waals surface area (Å²) in [5.74, 6) is -0.489. The van der Waals surface area contributed by atoms with Crippen LogP contribution in [-0.4, -0.2) is 47.1 Å². The Labute approximate surface area is 201 Å². The smallest absolute Gasteiger partial charge is 0.338 e. The number of anilines is 1. The van der Waals surface area contributed by atoms with E-state index in [0.29, 0.717) is 11.4 Å². The SMILES string of the molecule is COc1ccc(N(C)S(=O)(=O)c2cccc(C(=O)OCC(=O)NC3CCCCCCC3)c2)cc1. The molecule has 3 rings (SSSR count). The van der Waals surface area contributed by atoms with Crippen LogP contribution in [0.1, 0.15) is 55.3 Å². The number of carbonyl (C=O) groups excluding carboxylic acids is 2. The molecule has 1 amide bonds. The summed E-state index contributed by atoms with van der Waals surface area (Å²) in [6.45, 7) is -0.405. The number of methoxy groups -OCH3 is 1. The van der Waals surface area contributed by atoms with Crippen molar-refractivity contribution in [3.8, 4) is 5.75 Å². The van der Waals surface area contributed by atoms with Gasteiger partial charge in [0.05, 0.1) is 23.3 Å². The summed E-state index contributed by atoms with van der Waals surface area (Å²) in [5.41, 5.74) is 0.502. The third-order valence-corrected chi connectivity index (χ3v) is 7.75. The molecular weight excluding hydrogens is 456 g/mol. The van der Waals surface area contributed by atoms with E-state index in [1.165, 1.54) is 57.7 Å². The highest BCUT2D eigenvalue weighted by Crippen LogP contribution is 2.25. The maximum absolute atomic E-state index is 13.1. The van der Waals surface area contributed by atoms with Crippen LogP contribution in [0.5, 0.6) is 5.75 Å². The van der Waals surface area contributed by atoms with Gasteiger partial charge in [0.15, 0.2) is 6.61 Å². The van der Waals surface area contributed by atoms with Gasteiger partial charge in [-0.25, -0.2) is 13.2 Å². The normalized spacial score (nSPS) is 15.0. The molecule has 1 fully saturated rings. The van der Waals surface area contributed by atoms with Crippen LogP contribution >= 0.6 is 0 Å². The third-order valence-electron chi connectivity index (χ3n) is 5.97. The van der Waals surface area contributed by atoms with E-state index < -0.39 is 22.6 Å². The number of nitrogens with zero attached hydrogens (tertiary/aromatic N) is 1. The quantitative estimate of drug-likeness (QED) is 0.566. The minimum Gasteiger partial charge on any atom is -0.497 e. The number of benzene rings is 2. The van der Waals surface area contributed by atoms with E-state index in [1.807, 2.05) is 0 Å². The Bertz CT molecular complexity index is 1080. The Morgan fingerprint density at radius 3 is 2.29 bits per heavy atom. The van der Waals surface area contributed by atoms with Crippen LogP contribution in [0, 0.1) is 0 Å². The van der Waals surface area contributed by atoms with Gasteiger partial charge in [-0.15, -0.1) is 0 Å². The van der Waals surface area contributed by atoms with E-state index in [4.69, 9.17) is 9.47 Å². The van der Waals surface area contributed by atoms with Crippen molar-refractivity contribution >= 4 is 27.6 Å². The van der Waals surface area contributed by atoms with Gasteiger partial charge in [-0.1, -0.05) is 38.2 Å². The third kappa shape index (κ3) is 6.72. The van der Waals surface area contributed by atoms with Gasteiger partial charge in [0.2, 0.25) is 0 Å². The predicted octanol–water partition coefficient (Wildman–Crippen LogP) is 3.91. The molecule has 1 saturated carbocycles. The summed E-state index contributed by atoms with van der Waals surface area (Å²) in [5, 5.41) is 2.94. The Morgan fingerprint density at radius 2 is 1.65 bits per heavy atom. The largest absolute Gasteiger partial charge is 0.497 e. The van der Waals surface area contributed by atoms with Crippen molar-refractivity contribution in [2.45, 2.75) is 55.9 Å². The summed E-state index contributed by atoms with van der Waals surface area (Å²) >= 11 is 0. The van der Waals surface area contributed by atoms with Crippen LogP contribution in [0.2, 0.25) is 0 Å². The molecule has 0 aromatic heterocycles. The molecule has 8 nitrogen and oxygen atoms in total. The molecular formula is C25H32N2O6S. The lowest BCUT2D eigenvalue weighted by Gasteiger charge is -2.21. The molecule has 34 heavy (non-hydrogen) atoms. The molecule has 1 aliphatic carbocycles. The Balaban J connectivity index is 1.61. The highest BCUT2D eigenvalue weighted by atomic mass is 32.2. The Hall–Kier alpha value is -3.07. The standard InChI is InChI=1S/C25H32N2O6S/c1-27(21-13-15-22(32-2)16-14-21)34(30,31)23-12-8-9-19(17-23)25(29)33-18-24(28)26-20-10-6-4-3-5-7-11-20/h8-9,12-17,20H,3-7,10-11,18H2,1-2H3,(H,26,28). The van der Waals surface area contributed by atoms with Crippen molar-refractivity contribution in [1.82, 2.24) is 5.32 Å². The zero-order valence-electron chi connectivity index (χ0n) is 19.7. The second-order valence-electron chi connectivity index (χ2n) is 8.38. The van der Waals surface area contributed by atoms with E-state index in [0.717, 1.165) is 30.0 Å². The summed E-state index contributed by atoms with van der Waals surface area (Å²) in [6, 6.07) is 12.3. The molecule has 1 aliphatic rings. The summed E-state index contributed by atoms with van der Waals surface area (Å²) < 4.78 is 37.5. The molecule has 1 N–H and O–H groups in total. The fourth-order valence-electron chi connectivity index (χ4n) is 3.96. The average molecular weight is 489 g/mol. The van der Waals surface area contributed by atoms with Gasteiger partial charge in [0, 0.05) is 13.1 Å². The average Bonchev–Trinajstić information content (AvgIpc) is 2.83. The number of amides is 1. The molecule has 0 bridgehead atoms. The monoisotopic (exact) mass is 488 g/mol. The highest BCUT2D eigenvalue weighted by Gasteiger charge is 2.23. The van der Waals surface area contributed by atoms with Crippen molar-refractivity contribution in [2.24, 2.45) is 0 Å². The number of rotatable bonds is 8. The number of ether oxygens (including phenoxy) is 2. The van der Waals surface area contributed by atoms with Crippen LogP contribution < -0.4 is 14.4 Å². The lowest BCUT2D eigenvalue weighted by atomic mass is 9.97. The molecule has 2 aromatic rings. The van der Waals surface area contributed by atoms with Crippen molar-refractivity contribution in [3.63, 3.8) is 0 Å². The van der Waals surface area contributed by atoms with Crippen molar-refractivity contribution in [2.75, 3.05) is 25.1 Å². The predicted molar refractivity (Wildman–Crippen MR) is 130 cm³/mol. The molecule has 2 aromatic carbocycles. The number of hydrogen-bond donors (Lipinski definition) is 1. The lowest BCUT2D eigenvalue weighted by Crippen LogP contribution is -2.38. The molecule has 184 valence electrons. The van der Waals surface area contributed by atoms with Crippen molar-refractivity contribution < 1.29 is 27.5 Å². The van der Waals surface area contributed by atoms with Gasteiger partial charge in [-0.2, -0.15) is 0 Å². The topological polar surface area (TPSA) is 102 Å². The fraction of sp³-hybridized carbons (Fsp3) is 0.440. The number of hydrogen-bond acceptors (Lipinski definition) is 6. The Morgan fingerprint density at radius 1 is 1.00 bits per heavy atom. The molecule has 0 aliphatic heterocycles. The van der Waals surface area contributed by atoms with Crippen LogP contribution in [0.15, 0.2) is 53.4 Å². The van der Waals surface area contributed by atoms with Crippen LogP contribution in [0.3, 0.4) is 0 Å². The van der Waals surface area contributed by atoms with Gasteiger partial charge >= 0.3 is 5.97 Å². The van der Waals surface area contributed by atoms with Gasteiger partial charge < -0.3 is 14.8 Å². The van der Waals surface area contributed by atoms with Crippen molar-refractivity contribution in [3.05, 3.63) is 54.1 Å². The first-order valence-electron chi connectivity index (χ1n) is 11.5. The summed E-state index contributed by atoms with van der Waals surface area (Å²) in [7, 11) is -0.957.